The number of halogens is 3. The van der Waals surface area contributed by atoms with E-state index < -0.39 is 19.3 Å². The van der Waals surface area contributed by atoms with Gasteiger partial charge in [-0.15, -0.1) is 0 Å². The van der Waals surface area contributed by atoms with Gasteiger partial charge in [-0.3, -0.25) is 0 Å². The summed E-state index contributed by atoms with van der Waals surface area (Å²) < 4.78 is 37.5. The molecule has 60 valence electrons. The molecule has 0 aliphatic carbocycles. The molecule has 2 N–H and O–H groups in total. The minimum atomic E-state index is -4.75. The van der Waals surface area contributed by atoms with Crippen molar-refractivity contribution in [3.63, 3.8) is 0 Å². The van der Waals surface area contributed by atoms with E-state index in [1.807, 2.05) is 0 Å². The van der Waals surface area contributed by atoms with E-state index >= 15 is 0 Å². The van der Waals surface area contributed by atoms with Gasteiger partial charge >= 0.3 is 64.9 Å². The van der Waals surface area contributed by atoms with E-state index in [0.29, 0.717) is 0 Å². The Kier molecular flexibility index (Phi) is 7.33. The van der Waals surface area contributed by atoms with Gasteiger partial charge in [0, 0.05) is 0 Å². The molecule has 8 heteroatoms. The molecule has 0 aliphatic rings. The first-order chi connectivity index (χ1) is 4.34. The predicted molar refractivity (Wildman–Crippen MR) is 33.6 cm³/mol. The molecule has 0 fully saturated rings. The Morgan fingerprint density at radius 1 is 1.36 bits per heavy atom. The summed E-state index contributed by atoms with van der Waals surface area (Å²) in [5, 5.41) is 15.7. The van der Waals surface area contributed by atoms with Gasteiger partial charge in [-0.05, 0) is 0 Å². The molecule has 0 saturated heterocycles. The monoisotopic (exact) mass is 196 g/mol. The topological polar surface area (TPSA) is 49.7 Å². The summed E-state index contributed by atoms with van der Waals surface area (Å²) in [6.07, 6.45) is -4.75. The van der Waals surface area contributed by atoms with Gasteiger partial charge in [0.2, 0.25) is 0 Å². The molecule has 0 radical (unpaired) electrons. The molecule has 0 aromatic rings. The molecule has 0 bridgehead atoms. The van der Waals surface area contributed by atoms with Crippen LogP contribution in [0.3, 0.4) is 0 Å². The number of allylic oxidation sites excluding steroid dienone is 1. The normalized spacial score (nSPS) is 9.91. The van der Waals surface area contributed by atoms with Crippen molar-refractivity contribution in [1.29, 1.82) is 0 Å². The molecular formula is C3H5BF3KO3. The van der Waals surface area contributed by atoms with Crippen LogP contribution < -0.4 is 0 Å². The molecule has 0 amide bonds. The number of hydrogen-bond donors (Lipinski definition) is 2. The maximum absolute atomic E-state index is 11.4. The summed E-state index contributed by atoms with van der Waals surface area (Å²) in [4.78, 5) is 0. The first-order valence-electron chi connectivity index (χ1n) is 2.13. The van der Waals surface area contributed by atoms with Crippen LogP contribution in [0.1, 0.15) is 0 Å². The van der Waals surface area contributed by atoms with E-state index in [4.69, 9.17) is 10.0 Å². The van der Waals surface area contributed by atoms with Crippen LogP contribution >= 0.6 is 0 Å². The number of hydrogen-bond acceptors (Lipinski definition) is 3. The van der Waals surface area contributed by atoms with Gasteiger partial charge in [0.25, 0.3) is 0 Å². The standard InChI is InChI=1S/C3H4BF3O3.K.H/c1-2(3(5,6)7)10-4(8)9;;/h8-9H,1H2;;. The molecule has 0 rings (SSSR count). The van der Waals surface area contributed by atoms with E-state index in [1.165, 1.54) is 0 Å². The molecule has 0 aliphatic heterocycles. The van der Waals surface area contributed by atoms with Crippen molar-refractivity contribution in [2.75, 3.05) is 0 Å². The predicted octanol–water partition coefficient (Wildman–Crippen LogP) is -0.600. The van der Waals surface area contributed by atoms with Crippen LogP contribution in [0.15, 0.2) is 12.3 Å². The summed E-state index contributed by atoms with van der Waals surface area (Å²) in [6, 6.07) is 0. The van der Waals surface area contributed by atoms with Crippen molar-refractivity contribution in [2.24, 2.45) is 0 Å². The fraction of sp³-hybridized carbons (Fsp3) is 0.333. The Bertz CT molecular complexity index is 136. The van der Waals surface area contributed by atoms with E-state index in [-0.39, 0.29) is 51.4 Å². The van der Waals surface area contributed by atoms with Gasteiger partial charge in [0.05, 0.1) is 0 Å². The quantitative estimate of drug-likeness (QED) is 0.458. The second kappa shape index (κ2) is 5.57. The maximum atomic E-state index is 11.4. The third-order valence-corrected chi connectivity index (χ3v) is 0.564. The third kappa shape index (κ3) is 7.32. The van der Waals surface area contributed by atoms with Crippen molar-refractivity contribution < 1.29 is 27.9 Å². The van der Waals surface area contributed by atoms with Gasteiger partial charge in [-0.25, -0.2) is 0 Å². The second-order valence-electron chi connectivity index (χ2n) is 1.37. The van der Waals surface area contributed by atoms with Gasteiger partial charge in [0.1, 0.15) is 0 Å². The van der Waals surface area contributed by atoms with E-state index in [0.717, 1.165) is 0 Å². The summed E-state index contributed by atoms with van der Waals surface area (Å²) in [7, 11) is -2.48. The first-order valence-corrected chi connectivity index (χ1v) is 2.13. The second-order valence-corrected chi connectivity index (χ2v) is 1.37. The molecule has 0 unspecified atom stereocenters. The summed E-state index contributed by atoms with van der Waals surface area (Å²) in [5.41, 5.74) is 0. The van der Waals surface area contributed by atoms with Crippen molar-refractivity contribution in [3.05, 3.63) is 12.3 Å². The molecule has 11 heavy (non-hydrogen) atoms. The Labute approximate surface area is 104 Å². The van der Waals surface area contributed by atoms with Crippen LogP contribution in [0.25, 0.3) is 0 Å². The summed E-state index contributed by atoms with van der Waals surface area (Å²) >= 11 is 0. The van der Waals surface area contributed by atoms with Crippen LogP contribution in [0.4, 0.5) is 13.2 Å². The Hall–Kier alpha value is 0.951. The van der Waals surface area contributed by atoms with Gasteiger partial charge in [-0.2, -0.15) is 13.2 Å². The average Bonchev–Trinajstić information content (AvgIpc) is 1.60. The molecule has 0 aromatic carbocycles. The van der Waals surface area contributed by atoms with E-state index in [9.17, 15) is 13.2 Å². The van der Waals surface area contributed by atoms with Crippen LogP contribution in [-0.4, -0.2) is 74.9 Å². The molecule has 0 aromatic heterocycles. The van der Waals surface area contributed by atoms with Crippen molar-refractivity contribution in [1.82, 2.24) is 0 Å². The molecule has 0 spiro atoms. The van der Waals surface area contributed by atoms with Crippen molar-refractivity contribution in [2.45, 2.75) is 6.18 Å². The Morgan fingerprint density at radius 2 is 1.73 bits per heavy atom. The Balaban J connectivity index is 0. The fourth-order valence-corrected chi connectivity index (χ4v) is 0.194. The van der Waals surface area contributed by atoms with Crippen molar-refractivity contribution >= 4 is 58.7 Å². The zero-order chi connectivity index (χ0) is 8.36. The molecular weight excluding hydrogens is 191 g/mol. The van der Waals surface area contributed by atoms with Gasteiger partial charge in [0.15, 0.2) is 5.76 Å². The SMILES string of the molecule is C=C(OB(O)O)C(F)(F)F.[KH]. The van der Waals surface area contributed by atoms with Crippen LogP contribution in [0, 0.1) is 0 Å². The third-order valence-electron chi connectivity index (χ3n) is 0.564. The average molecular weight is 196 g/mol. The summed E-state index contributed by atoms with van der Waals surface area (Å²) in [5.74, 6) is -1.64. The number of rotatable bonds is 2. The fourth-order valence-electron chi connectivity index (χ4n) is 0.194. The molecule has 0 heterocycles. The van der Waals surface area contributed by atoms with Crippen LogP contribution in [0.5, 0.6) is 0 Å². The van der Waals surface area contributed by atoms with Crippen LogP contribution in [-0.2, 0) is 4.65 Å². The minimum absolute atomic E-state index is 0. The van der Waals surface area contributed by atoms with Gasteiger partial charge in [-0.1, -0.05) is 6.58 Å². The zero-order valence-corrected chi connectivity index (χ0v) is 4.72. The van der Waals surface area contributed by atoms with Crippen molar-refractivity contribution in [3.8, 4) is 0 Å². The van der Waals surface area contributed by atoms with E-state index in [1.54, 1.807) is 0 Å². The van der Waals surface area contributed by atoms with Gasteiger partial charge < -0.3 is 14.7 Å². The van der Waals surface area contributed by atoms with E-state index in [2.05, 4.69) is 11.2 Å². The number of alkyl halides is 3. The molecule has 0 atom stereocenters. The molecule has 0 saturated carbocycles. The first kappa shape index (κ1) is 14.5. The van der Waals surface area contributed by atoms with Crippen LogP contribution in [0.2, 0.25) is 0 Å². The zero-order valence-electron chi connectivity index (χ0n) is 4.72. The Morgan fingerprint density at radius 3 is 1.82 bits per heavy atom. The molecule has 3 nitrogen and oxygen atoms in total. The summed E-state index contributed by atoms with van der Waals surface area (Å²) in [6.45, 7) is 2.40.